The standard InChI is InChI=1S/C25H32FN3O4/c1-13-11-17(12-14(2)20(13)26)29(25(5)9-7-18(30)8-10-25)24(33)22(31)21-15(3)19(23(27)32)16(4)28(21)6/h11-12,18,30H,7-10H2,1-6H3,(H2,27,32). The quantitative estimate of drug-likeness (QED) is 0.530. The van der Waals surface area contributed by atoms with Crippen molar-refractivity contribution in [3.63, 3.8) is 0 Å². The van der Waals surface area contributed by atoms with Crippen LogP contribution in [0.15, 0.2) is 12.1 Å². The number of ketones is 1. The van der Waals surface area contributed by atoms with Crippen molar-refractivity contribution in [2.45, 2.75) is 71.9 Å². The predicted octanol–water partition coefficient (Wildman–Crippen LogP) is 3.41. The fraction of sp³-hybridized carbons (Fsp3) is 0.480. The van der Waals surface area contributed by atoms with Crippen LogP contribution in [0.5, 0.6) is 0 Å². The summed E-state index contributed by atoms with van der Waals surface area (Å²) in [4.78, 5) is 40.8. The fourth-order valence-electron chi connectivity index (χ4n) is 5.04. The lowest BCUT2D eigenvalue weighted by molar-refractivity contribution is -0.116. The van der Waals surface area contributed by atoms with Crippen LogP contribution in [0.4, 0.5) is 10.1 Å². The Morgan fingerprint density at radius 1 is 1.12 bits per heavy atom. The number of nitrogens with zero attached hydrogens (tertiary/aromatic N) is 2. The Morgan fingerprint density at radius 3 is 2.09 bits per heavy atom. The van der Waals surface area contributed by atoms with E-state index in [9.17, 15) is 23.9 Å². The van der Waals surface area contributed by atoms with Crippen molar-refractivity contribution in [3.05, 3.63) is 51.6 Å². The summed E-state index contributed by atoms with van der Waals surface area (Å²) < 4.78 is 15.9. The van der Waals surface area contributed by atoms with Crippen molar-refractivity contribution in [1.29, 1.82) is 0 Å². The molecule has 3 rings (SSSR count). The van der Waals surface area contributed by atoms with Crippen LogP contribution in [0.1, 0.15) is 75.8 Å². The summed E-state index contributed by atoms with van der Waals surface area (Å²) in [6.07, 6.45) is 1.49. The van der Waals surface area contributed by atoms with Gasteiger partial charge in [0.05, 0.1) is 17.4 Å². The molecule has 0 atom stereocenters. The molecule has 2 amide bonds. The molecule has 0 aliphatic heterocycles. The van der Waals surface area contributed by atoms with Gasteiger partial charge >= 0.3 is 5.91 Å². The van der Waals surface area contributed by atoms with Crippen LogP contribution >= 0.6 is 0 Å². The molecule has 1 heterocycles. The summed E-state index contributed by atoms with van der Waals surface area (Å²) in [6.45, 7) is 8.39. The topological polar surface area (TPSA) is 106 Å². The van der Waals surface area contributed by atoms with Gasteiger partial charge in [-0.25, -0.2) is 4.39 Å². The summed E-state index contributed by atoms with van der Waals surface area (Å²) >= 11 is 0. The van der Waals surface area contributed by atoms with Gasteiger partial charge in [0.25, 0.3) is 11.7 Å². The molecular weight excluding hydrogens is 425 g/mol. The summed E-state index contributed by atoms with van der Waals surface area (Å²) in [7, 11) is 1.62. The Kier molecular flexibility index (Phi) is 6.53. The molecule has 1 saturated carbocycles. The van der Waals surface area contributed by atoms with Crippen LogP contribution in [0, 0.1) is 33.5 Å². The van der Waals surface area contributed by atoms with E-state index in [-0.39, 0.29) is 17.1 Å². The molecule has 0 radical (unpaired) electrons. The summed E-state index contributed by atoms with van der Waals surface area (Å²) in [6, 6.07) is 3.14. The highest BCUT2D eigenvalue weighted by Crippen LogP contribution is 2.38. The number of carbonyl (C=O) groups is 3. The van der Waals surface area contributed by atoms with Gasteiger partial charge in [-0.1, -0.05) is 0 Å². The van der Waals surface area contributed by atoms with Crippen LogP contribution in [0.25, 0.3) is 0 Å². The molecular formula is C25H32FN3O4. The number of halogens is 1. The third kappa shape index (κ3) is 4.19. The number of aliphatic hydroxyl groups excluding tert-OH is 1. The minimum atomic E-state index is -0.766. The van der Waals surface area contributed by atoms with E-state index in [0.717, 1.165) is 0 Å². The molecule has 178 valence electrons. The number of aliphatic hydroxyl groups is 1. The normalized spacial score (nSPS) is 20.5. The number of hydrogen-bond acceptors (Lipinski definition) is 4. The molecule has 8 heteroatoms. The molecule has 1 aromatic carbocycles. The maximum absolute atomic E-state index is 14.4. The van der Waals surface area contributed by atoms with Crippen LogP contribution in [0.2, 0.25) is 0 Å². The van der Waals surface area contributed by atoms with E-state index in [4.69, 9.17) is 5.73 Å². The van der Waals surface area contributed by atoms with Crippen molar-refractivity contribution in [3.8, 4) is 0 Å². The first-order valence-electron chi connectivity index (χ1n) is 11.1. The Labute approximate surface area is 193 Å². The lowest BCUT2D eigenvalue weighted by atomic mass is 9.79. The number of hydrogen-bond donors (Lipinski definition) is 2. The second kappa shape index (κ2) is 8.74. The van der Waals surface area contributed by atoms with Gasteiger partial charge in [-0.15, -0.1) is 0 Å². The van der Waals surface area contributed by atoms with E-state index in [0.29, 0.717) is 53.8 Å². The van der Waals surface area contributed by atoms with Crippen LogP contribution < -0.4 is 10.6 Å². The van der Waals surface area contributed by atoms with Crippen molar-refractivity contribution in [2.24, 2.45) is 12.8 Å². The zero-order valence-electron chi connectivity index (χ0n) is 20.1. The molecule has 7 nitrogen and oxygen atoms in total. The van der Waals surface area contributed by atoms with Crippen LogP contribution in [-0.2, 0) is 11.8 Å². The van der Waals surface area contributed by atoms with E-state index in [2.05, 4.69) is 0 Å². The molecule has 1 aliphatic rings. The third-order valence-corrected chi connectivity index (χ3v) is 7.04. The fourth-order valence-corrected chi connectivity index (χ4v) is 5.04. The lowest BCUT2D eigenvalue weighted by Crippen LogP contribution is -2.55. The Bertz CT molecular complexity index is 1120. The van der Waals surface area contributed by atoms with Gasteiger partial charge in [0.2, 0.25) is 0 Å². The minimum Gasteiger partial charge on any atom is -0.393 e. The summed E-state index contributed by atoms with van der Waals surface area (Å²) in [5.41, 5.74) is 7.12. The van der Waals surface area contributed by atoms with Gasteiger partial charge in [-0.05, 0) is 89.1 Å². The third-order valence-electron chi connectivity index (χ3n) is 7.04. The van der Waals surface area contributed by atoms with Crippen LogP contribution in [0.3, 0.4) is 0 Å². The van der Waals surface area contributed by atoms with Gasteiger partial charge < -0.3 is 15.4 Å². The van der Waals surface area contributed by atoms with E-state index >= 15 is 0 Å². The number of Topliss-reactive ketones (excluding diaryl/α,β-unsaturated/α-hetero) is 1. The number of aryl methyl sites for hydroxylation is 2. The van der Waals surface area contributed by atoms with E-state index in [1.807, 2.05) is 6.92 Å². The highest BCUT2D eigenvalue weighted by Gasteiger charge is 2.43. The van der Waals surface area contributed by atoms with Crippen molar-refractivity contribution in [1.82, 2.24) is 4.57 Å². The van der Waals surface area contributed by atoms with E-state index in [1.54, 1.807) is 46.9 Å². The minimum absolute atomic E-state index is 0.103. The SMILES string of the molecule is Cc1cc(N(C(=O)C(=O)c2c(C)c(C(N)=O)c(C)n2C)C2(C)CCC(O)CC2)cc(C)c1F. The molecule has 1 aliphatic carbocycles. The average Bonchev–Trinajstić information content (AvgIpc) is 2.96. The van der Waals surface area contributed by atoms with Gasteiger partial charge in [0, 0.05) is 24.0 Å². The molecule has 33 heavy (non-hydrogen) atoms. The van der Waals surface area contributed by atoms with Crippen molar-refractivity contribution < 1.29 is 23.9 Å². The Morgan fingerprint density at radius 2 is 1.64 bits per heavy atom. The number of amides is 2. The average molecular weight is 458 g/mol. The van der Waals surface area contributed by atoms with Crippen molar-refractivity contribution >= 4 is 23.3 Å². The second-order valence-electron chi connectivity index (χ2n) is 9.45. The van der Waals surface area contributed by atoms with E-state index in [1.165, 1.54) is 9.47 Å². The zero-order valence-corrected chi connectivity index (χ0v) is 20.1. The number of primary amides is 1. The molecule has 0 unspecified atom stereocenters. The van der Waals surface area contributed by atoms with E-state index < -0.39 is 29.2 Å². The van der Waals surface area contributed by atoms with Gasteiger partial charge in [0.15, 0.2) is 0 Å². The summed E-state index contributed by atoms with van der Waals surface area (Å²) in [5, 5.41) is 10.0. The summed E-state index contributed by atoms with van der Waals surface area (Å²) in [5.74, 6) is -2.56. The smallest absolute Gasteiger partial charge is 0.301 e. The highest BCUT2D eigenvalue weighted by atomic mass is 19.1. The monoisotopic (exact) mass is 457 g/mol. The molecule has 1 fully saturated rings. The zero-order chi connectivity index (χ0) is 24.8. The molecule has 2 aromatic rings. The van der Waals surface area contributed by atoms with Gasteiger partial charge in [0.1, 0.15) is 5.82 Å². The first kappa shape index (κ1) is 24.6. The lowest BCUT2D eigenvalue weighted by Gasteiger charge is -2.45. The molecule has 3 N–H and O–H groups in total. The number of carbonyl (C=O) groups excluding carboxylic acids is 3. The highest BCUT2D eigenvalue weighted by molar-refractivity contribution is 6.47. The Hall–Kier alpha value is -3.00. The number of anilines is 1. The number of aromatic nitrogens is 1. The first-order valence-corrected chi connectivity index (χ1v) is 11.1. The van der Waals surface area contributed by atoms with Crippen molar-refractivity contribution in [2.75, 3.05) is 4.90 Å². The number of nitrogens with two attached hydrogens (primary N) is 1. The largest absolute Gasteiger partial charge is 0.393 e. The molecule has 1 aromatic heterocycles. The molecule has 0 spiro atoms. The number of benzene rings is 1. The maximum Gasteiger partial charge on any atom is 0.301 e. The predicted molar refractivity (Wildman–Crippen MR) is 124 cm³/mol. The number of rotatable bonds is 5. The first-order chi connectivity index (χ1) is 15.3. The molecule has 0 saturated heterocycles. The maximum atomic E-state index is 14.4. The van der Waals surface area contributed by atoms with Crippen LogP contribution in [-0.4, -0.2) is 38.9 Å². The second-order valence-corrected chi connectivity index (χ2v) is 9.45. The molecule has 0 bridgehead atoms. The van der Waals surface area contributed by atoms with Gasteiger partial charge in [-0.3, -0.25) is 19.3 Å². The van der Waals surface area contributed by atoms with Gasteiger partial charge in [-0.2, -0.15) is 0 Å². The Balaban J connectivity index is 2.16.